The Morgan fingerprint density at radius 3 is 1.88 bits per heavy atom. The highest BCUT2D eigenvalue weighted by Crippen LogP contribution is 2.31. The minimum Gasteiger partial charge on any atom is -0.445 e. The lowest BCUT2D eigenvalue weighted by Crippen LogP contribution is -2.60. The van der Waals surface area contributed by atoms with Gasteiger partial charge in [0.15, 0.2) is 0 Å². The summed E-state index contributed by atoms with van der Waals surface area (Å²) in [6, 6.07) is 6.90. The van der Waals surface area contributed by atoms with Gasteiger partial charge in [0, 0.05) is 66.5 Å². The number of imide groups is 1. The van der Waals surface area contributed by atoms with Crippen LogP contribution >= 0.6 is 0 Å². The first kappa shape index (κ1) is 76.7. The first-order chi connectivity index (χ1) is 43.4. The third-order valence-corrected chi connectivity index (χ3v) is 17.4. The van der Waals surface area contributed by atoms with Crippen LogP contribution in [0.5, 0.6) is 0 Å². The average Bonchev–Trinajstić information content (AvgIpc) is 1.42. The van der Waals surface area contributed by atoms with Crippen molar-refractivity contribution in [3.63, 3.8) is 0 Å². The lowest BCUT2D eigenvalue weighted by atomic mass is 9.89. The number of carbonyl (C=O) groups is 11. The summed E-state index contributed by atoms with van der Waals surface area (Å²) in [5.74, 6) is -7.22. The summed E-state index contributed by atoms with van der Waals surface area (Å²) in [6.45, 7) is 17.7. The Kier molecular flexibility index (Phi) is 30.4. The number of aliphatic hydroxyl groups is 1. The number of amides is 12. The van der Waals surface area contributed by atoms with Crippen molar-refractivity contribution < 1.29 is 72.1 Å². The number of anilines is 1. The number of primary amides is 1. The number of urea groups is 1. The molecule has 12 amide bonds. The Bertz CT molecular complexity index is 2810. The molecule has 2 aliphatic rings. The number of hydrogen-bond acceptors (Lipinski definition) is 16. The predicted molar refractivity (Wildman–Crippen MR) is 343 cm³/mol. The molecule has 2 fully saturated rings. The number of likely N-dealkylation sites (tertiary alicyclic amines) is 2. The second kappa shape index (κ2) is 36.5. The molecule has 27 heteroatoms. The van der Waals surface area contributed by atoms with Crippen molar-refractivity contribution in [2.24, 2.45) is 41.1 Å². The van der Waals surface area contributed by atoms with Crippen LogP contribution in [0.3, 0.4) is 0 Å². The standard InChI is InChI=1S/C65H102N12O15/c1-15-39(8)55(48(90-13)33-51(80)76-32-20-24-46(76)57(91-14)40(9)58(82)69-41(10)56(81)43-21-17-16-18-22-43)74(11)63(87)53(37(4)5)73-62(86)54(38(6)7)75(12)65(89)92-35-42-25-27-44(28-26-42)70-59(83)45(23-19-31-68-64(67)88)71-61(85)52(36(2)3)72-60(84)47(34-66)77-49(78)29-30-50(77)79/h16-18,21-22,25-28,36-41,45-48,52-57,81H,15,19-20,23-24,29-35,66H2,1-14H3,(H,69,82)(H,70,83)(H,71,85)(H,72,84)(H,73,86)(H3,67,68,88)/t39-,40?,41?,45-,46?,47-,48?,52?,53-,54?,55?,56?,57?/m0/s1. The lowest BCUT2D eigenvalue weighted by molar-refractivity contribution is -0.148. The highest BCUT2D eigenvalue weighted by molar-refractivity contribution is 6.06. The molecule has 0 aliphatic carbocycles. The molecule has 2 aliphatic heterocycles. The molecule has 512 valence electrons. The number of likely N-dealkylation sites (N-methyl/N-ethyl adjacent to an activating group) is 2. The molecular formula is C65H102N12O15. The topological polar surface area (TPSA) is 373 Å². The van der Waals surface area contributed by atoms with Gasteiger partial charge in [-0.25, -0.2) is 9.59 Å². The molecular weight excluding hydrogens is 1190 g/mol. The maximum Gasteiger partial charge on any atom is 0.410 e. The zero-order chi connectivity index (χ0) is 68.8. The number of hydrogen-bond donors (Lipinski definition) is 9. The van der Waals surface area contributed by atoms with Crippen molar-refractivity contribution in [3.8, 4) is 0 Å². The third-order valence-electron chi connectivity index (χ3n) is 17.4. The van der Waals surface area contributed by atoms with Gasteiger partial charge in [-0.3, -0.25) is 53.0 Å². The van der Waals surface area contributed by atoms with Crippen LogP contribution in [0.15, 0.2) is 54.6 Å². The zero-order valence-electron chi connectivity index (χ0n) is 56.0. The van der Waals surface area contributed by atoms with E-state index in [-0.39, 0.29) is 69.5 Å². The van der Waals surface area contributed by atoms with Crippen LogP contribution < -0.4 is 43.4 Å². The van der Waals surface area contributed by atoms with Gasteiger partial charge in [-0.2, -0.15) is 0 Å². The highest BCUT2D eigenvalue weighted by Gasteiger charge is 2.45. The number of rotatable bonds is 35. The van der Waals surface area contributed by atoms with Crippen LogP contribution in [0, 0.1) is 29.6 Å². The van der Waals surface area contributed by atoms with Crippen LogP contribution in [-0.4, -0.2) is 198 Å². The number of methoxy groups -OCH3 is 2. The summed E-state index contributed by atoms with van der Waals surface area (Å²) in [5.41, 5.74) is 12.5. The van der Waals surface area contributed by atoms with E-state index >= 15 is 0 Å². The SMILES string of the molecule is CC[C@H](C)C(C(CC(=O)N1CCCC1C(OC)C(C)C(=O)NC(C)C(O)c1ccccc1)OC)N(C)C(=O)[C@@H](NC(=O)C(C(C)C)N(C)C(=O)OCc1ccc(NC(=O)[C@H](CCCNC(N)=O)NC(=O)C(NC(=O)[C@H](CN)N2C(=O)CCC2=O)C(C)C)cc1)C(C)C. The summed E-state index contributed by atoms with van der Waals surface area (Å²) in [4.78, 5) is 154. The molecule has 4 rings (SSSR count). The summed E-state index contributed by atoms with van der Waals surface area (Å²) >= 11 is 0. The quantitative estimate of drug-likeness (QED) is 0.0354. The van der Waals surface area contributed by atoms with Crippen molar-refractivity contribution in [2.45, 2.75) is 194 Å². The fourth-order valence-corrected chi connectivity index (χ4v) is 12.0. The van der Waals surface area contributed by atoms with Gasteiger partial charge in [0.2, 0.25) is 53.2 Å². The van der Waals surface area contributed by atoms with E-state index in [2.05, 4.69) is 31.9 Å². The van der Waals surface area contributed by atoms with Gasteiger partial charge in [-0.1, -0.05) is 111 Å². The fraction of sp³-hybridized carbons (Fsp3) is 0.646. The summed E-state index contributed by atoms with van der Waals surface area (Å²) in [7, 11) is 6.05. The number of carbonyl (C=O) groups excluding carboxylic acids is 11. The molecule has 2 aromatic rings. The van der Waals surface area contributed by atoms with E-state index in [0.717, 1.165) is 9.80 Å². The van der Waals surface area contributed by atoms with Gasteiger partial charge in [-0.05, 0) is 79.5 Å². The van der Waals surface area contributed by atoms with Crippen LogP contribution in [0.1, 0.15) is 138 Å². The molecule has 27 nitrogen and oxygen atoms in total. The molecule has 0 radical (unpaired) electrons. The smallest absolute Gasteiger partial charge is 0.410 e. The molecule has 13 atom stereocenters. The summed E-state index contributed by atoms with van der Waals surface area (Å²) < 4.78 is 17.7. The Hall–Kier alpha value is -7.75. The monoisotopic (exact) mass is 1290 g/mol. The number of benzene rings is 2. The average molecular weight is 1290 g/mol. The Balaban J connectivity index is 1.41. The largest absolute Gasteiger partial charge is 0.445 e. The normalized spacial score (nSPS) is 18.1. The van der Waals surface area contributed by atoms with E-state index < -0.39 is 144 Å². The minimum absolute atomic E-state index is 0.0193. The van der Waals surface area contributed by atoms with Gasteiger partial charge < -0.3 is 72.5 Å². The maximum atomic E-state index is 14.8. The van der Waals surface area contributed by atoms with Crippen LogP contribution in [0.25, 0.3) is 0 Å². The van der Waals surface area contributed by atoms with E-state index in [0.29, 0.717) is 42.6 Å². The number of aliphatic hydroxyl groups excluding tert-OH is 1. The molecule has 2 aromatic carbocycles. The second-order valence-electron chi connectivity index (χ2n) is 25.1. The molecule has 11 N–H and O–H groups in total. The summed E-state index contributed by atoms with van der Waals surface area (Å²) in [5, 5.41) is 27.3. The summed E-state index contributed by atoms with van der Waals surface area (Å²) in [6.07, 6.45) is -1.38. The number of nitrogens with zero attached hydrogens (tertiary/aromatic N) is 4. The van der Waals surface area contributed by atoms with E-state index in [1.165, 1.54) is 21.3 Å². The van der Waals surface area contributed by atoms with Gasteiger partial charge in [0.05, 0.1) is 48.8 Å². The number of nitrogens with two attached hydrogens (primary N) is 2. The molecule has 0 bridgehead atoms. The van der Waals surface area contributed by atoms with Crippen LogP contribution in [0.2, 0.25) is 0 Å². The van der Waals surface area contributed by atoms with E-state index in [4.69, 9.17) is 25.7 Å². The molecule has 92 heavy (non-hydrogen) atoms. The minimum atomic E-state index is -1.35. The predicted octanol–water partition coefficient (Wildman–Crippen LogP) is 3.07. The van der Waals surface area contributed by atoms with Gasteiger partial charge in [-0.15, -0.1) is 0 Å². The lowest BCUT2D eigenvalue weighted by Gasteiger charge is -2.41. The van der Waals surface area contributed by atoms with Crippen LogP contribution in [0.4, 0.5) is 15.3 Å². The maximum absolute atomic E-state index is 14.8. The molecule has 0 saturated carbocycles. The number of nitrogens with one attached hydrogen (secondary N) is 6. The molecule has 0 spiro atoms. The Morgan fingerprint density at radius 2 is 1.34 bits per heavy atom. The van der Waals surface area contributed by atoms with Crippen molar-refractivity contribution in [3.05, 3.63) is 65.7 Å². The van der Waals surface area contributed by atoms with Crippen molar-refractivity contribution >= 4 is 71.0 Å². The molecule has 9 unspecified atom stereocenters. The molecule has 0 aromatic heterocycles. The van der Waals surface area contributed by atoms with Gasteiger partial charge in [0.1, 0.15) is 36.8 Å². The first-order valence-electron chi connectivity index (χ1n) is 31.9. The second-order valence-corrected chi connectivity index (χ2v) is 25.1. The van der Waals surface area contributed by atoms with Crippen molar-refractivity contribution in [1.29, 1.82) is 0 Å². The molecule has 2 saturated heterocycles. The Labute approximate surface area is 541 Å². The number of ether oxygens (including phenoxy) is 3. The van der Waals surface area contributed by atoms with E-state index in [1.54, 1.807) is 109 Å². The third kappa shape index (κ3) is 20.9. The highest BCUT2D eigenvalue weighted by atomic mass is 16.6. The van der Waals surface area contributed by atoms with Gasteiger partial charge in [0.25, 0.3) is 0 Å². The first-order valence-corrected chi connectivity index (χ1v) is 31.9. The van der Waals surface area contributed by atoms with Gasteiger partial charge >= 0.3 is 12.1 Å². The van der Waals surface area contributed by atoms with Crippen LogP contribution in [-0.2, 0) is 64.0 Å². The fourth-order valence-electron chi connectivity index (χ4n) is 12.0. The zero-order valence-corrected chi connectivity index (χ0v) is 56.0. The van der Waals surface area contributed by atoms with Crippen molar-refractivity contribution in [2.75, 3.05) is 53.3 Å². The van der Waals surface area contributed by atoms with E-state index in [9.17, 15) is 57.8 Å². The van der Waals surface area contributed by atoms with E-state index in [1.807, 2.05) is 32.0 Å². The Morgan fingerprint density at radius 1 is 0.728 bits per heavy atom. The van der Waals surface area contributed by atoms with Crippen molar-refractivity contribution in [1.82, 2.24) is 46.2 Å². The molecule has 2 heterocycles.